The first-order valence-electron chi connectivity index (χ1n) is 8.10. The van der Waals surface area contributed by atoms with Crippen LogP contribution in [0.15, 0.2) is 54.6 Å². The van der Waals surface area contributed by atoms with Crippen molar-refractivity contribution in [2.75, 3.05) is 13.1 Å². The monoisotopic (exact) mass is 310 g/mol. The molecule has 0 saturated carbocycles. The first-order chi connectivity index (χ1) is 11.2. The number of amides is 1. The summed E-state index contributed by atoms with van der Waals surface area (Å²) >= 11 is 0. The highest BCUT2D eigenvalue weighted by Crippen LogP contribution is 2.21. The lowest BCUT2D eigenvalue weighted by Crippen LogP contribution is -2.46. The first kappa shape index (κ1) is 15.6. The molecule has 120 valence electrons. The molecule has 1 amide bonds. The number of hydrogen-bond donors (Lipinski definition) is 2. The van der Waals surface area contributed by atoms with Crippen molar-refractivity contribution in [3.8, 4) is 5.75 Å². The number of piperidine rings is 1. The number of para-hydroxylation sites is 1. The lowest BCUT2D eigenvalue weighted by atomic mass is 9.91. The Morgan fingerprint density at radius 1 is 1.04 bits per heavy atom. The number of rotatable bonds is 4. The van der Waals surface area contributed by atoms with Gasteiger partial charge in [-0.3, -0.25) is 10.2 Å². The third kappa shape index (κ3) is 4.11. The lowest BCUT2D eigenvalue weighted by molar-refractivity contribution is 0.0699. The molecule has 1 fully saturated rings. The van der Waals surface area contributed by atoms with Crippen molar-refractivity contribution in [1.29, 1.82) is 0 Å². The molecule has 23 heavy (non-hydrogen) atoms. The van der Waals surface area contributed by atoms with E-state index in [-0.39, 0.29) is 11.7 Å². The summed E-state index contributed by atoms with van der Waals surface area (Å²) in [5.74, 6) is 0.434. The van der Waals surface area contributed by atoms with Crippen molar-refractivity contribution in [1.82, 2.24) is 10.4 Å². The number of nitrogens with one attached hydrogen (secondary N) is 1. The van der Waals surface area contributed by atoms with E-state index in [4.69, 9.17) is 0 Å². The van der Waals surface area contributed by atoms with Crippen LogP contribution in [0.2, 0.25) is 0 Å². The van der Waals surface area contributed by atoms with Gasteiger partial charge in [-0.15, -0.1) is 0 Å². The number of aromatic hydroxyl groups is 1. The molecule has 1 aliphatic heterocycles. The summed E-state index contributed by atoms with van der Waals surface area (Å²) in [6, 6.07) is 17.2. The average Bonchev–Trinajstić information content (AvgIpc) is 2.58. The zero-order valence-corrected chi connectivity index (χ0v) is 13.1. The summed E-state index contributed by atoms with van der Waals surface area (Å²) < 4.78 is 0. The van der Waals surface area contributed by atoms with Gasteiger partial charge in [-0.25, -0.2) is 5.01 Å². The Balaban J connectivity index is 1.49. The predicted molar refractivity (Wildman–Crippen MR) is 90.0 cm³/mol. The van der Waals surface area contributed by atoms with Gasteiger partial charge >= 0.3 is 0 Å². The van der Waals surface area contributed by atoms with E-state index in [9.17, 15) is 9.90 Å². The van der Waals surface area contributed by atoms with Crippen LogP contribution in [0, 0.1) is 5.92 Å². The number of carbonyl (C=O) groups is 1. The molecule has 1 heterocycles. The Kier molecular flexibility index (Phi) is 4.93. The minimum Gasteiger partial charge on any atom is -0.507 e. The molecule has 0 aromatic heterocycles. The summed E-state index contributed by atoms with van der Waals surface area (Å²) in [6.07, 6.45) is 3.23. The highest BCUT2D eigenvalue weighted by molar-refractivity contribution is 5.96. The van der Waals surface area contributed by atoms with Crippen LogP contribution in [0.1, 0.15) is 28.8 Å². The van der Waals surface area contributed by atoms with E-state index < -0.39 is 0 Å². The molecule has 0 spiro atoms. The molecule has 1 aliphatic rings. The maximum atomic E-state index is 12.2. The van der Waals surface area contributed by atoms with Crippen LogP contribution in [-0.4, -0.2) is 29.1 Å². The number of phenols is 1. The summed E-state index contributed by atoms with van der Waals surface area (Å²) in [5.41, 5.74) is 4.59. The van der Waals surface area contributed by atoms with Gasteiger partial charge in [0.15, 0.2) is 0 Å². The van der Waals surface area contributed by atoms with Crippen molar-refractivity contribution in [2.24, 2.45) is 5.92 Å². The molecule has 0 aliphatic carbocycles. The smallest absolute Gasteiger partial charge is 0.269 e. The SMILES string of the molecule is O=C(NN1CCC(Cc2ccccc2)CC1)c1ccccc1O. The van der Waals surface area contributed by atoms with Crippen LogP contribution in [0.5, 0.6) is 5.75 Å². The second kappa shape index (κ2) is 7.29. The molecule has 2 aromatic carbocycles. The third-order valence-electron chi connectivity index (χ3n) is 4.39. The van der Waals surface area contributed by atoms with Crippen LogP contribution in [-0.2, 0) is 6.42 Å². The third-order valence-corrected chi connectivity index (χ3v) is 4.39. The zero-order valence-electron chi connectivity index (χ0n) is 13.1. The largest absolute Gasteiger partial charge is 0.507 e. The van der Waals surface area contributed by atoms with Crippen LogP contribution in [0.25, 0.3) is 0 Å². The second-order valence-corrected chi connectivity index (χ2v) is 6.08. The van der Waals surface area contributed by atoms with E-state index in [0.29, 0.717) is 11.5 Å². The number of hydrazine groups is 1. The number of hydrogen-bond acceptors (Lipinski definition) is 3. The van der Waals surface area contributed by atoms with Gasteiger partial charge in [0.2, 0.25) is 0 Å². The van der Waals surface area contributed by atoms with E-state index in [2.05, 4.69) is 29.7 Å². The topological polar surface area (TPSA) is 52.6 Å². The van der Waals surface area contributed by atoms with Crippen LogP contribution in [0.3, 0.4) is 0 Å². The fourth-order valence-corrected chi connectivity index (χ4v) is 3.07. The molecule has 3 rings (SSSR count). The standard InChI is InChI=1S/C19H22N2O2/c22-18-9-5-4-8-17(18)19(23)20-21-12-10-16(11-13-21)14-15-6-2-1-3-7-15/h1-9,16,22H,10-14H2,(H,20,23). The fraction of sp³-hybridized carbons (Fsp3) is 0.316. The van der Waals surface area contributed by atoms with Crippen LogP contribution < -0.4 is 5.43 Å². The Bertz CT molecular complexity index is 649. The van der Waals surface area contributed by atoms with Gasteiger partial charge in [0.1, 0.15) is 5.75 Å². The van der Waals surface area contributed by atoms with Crippen molar-refractivity contribution in [2.45, 2.75) is 19.3 Å². The number of carbonyl (C=O) groups excluding carboxylic acids is 1. The molecular weight excluding hydrogens is 288 g/mol. The highest BCUT2D eigenvalue weighted by Gasteiger charge is 2.21. The minimum atomic E-state index is -0.246. The minimum absolute atomic E-state index is 0.0176. The quantitative estimate of drug-likeness (QED) is 0.913. The summed E-state index contributed by atoms with van der Waals surface area (Å²) in [5, 5.41) is 11.7. The molecule has 4 nitrogen and oxygen atoms in total. The molecule has 1 saturated heterocycles. The second-order valence-electron chi connectivity index (χ2n) is 6.08. The van der Waals surface area contributed by atoms with Gasteiger partial charge in [0.25, 0.3) is 5.91 Å². The van der Waals surface area contributed by atoms with E-state index >= 15 is 0 Å². The molecule has 0 unspecified atom stereocenters. The zero-order chi connectivity index (χ0) is 16.1. The van der Waals surface area contributed by atoms with Crippen LogP contribution >= 0.6 is 0 Å². The summed E-state index contributed by atoms with van der Waals surface area (Å²) in [4.78, 5) is 12.2. The van der Waals surface area contributed by atoms with Crippen LogP contribution in [0.4, 0.5) is 0 Å². The maximum absolute atomic E-state index is 12.2. The van der Waals surface area contributed by atoms with Gasteiger partial charge in [0, 0.05) is 13.1 Å². The first-order valence-corrected chi connectivity index (χ1v) is 8.10. The Labute approximate surface area is 136 Å². The van der Waals surface area contributed by atoms with Crippen molar-refractivity contribution >= 4 is 5.91 Å². The molecule has 0 radical (unpaired) electrons. The Morgan fingerprint density at radius 2 is 1.70 bits per heavy atom. The number of benzene rings is 2. The molecule has 0 bridgehead atoms. The van der Waals surface area contributed by atoms with E-state index in [1.54, 1.807) is 18.2 Å². The summed E-state index contributed by atoms with van der Waals surface area (Å²) in [6.45, 7) is 1.69. The van der Waals surface area contributed by atoms with Gasteiger partial charge in [-0.2, -0.15) is 0 Å². The van der Waals surface area contributed by atoms with Gasteiger partial charge in [-0.05, 0) is 42.9 Å². The Morgan fingerprint density at radius 3 is 2.39 bits per heavy atom. The highest BCUT2D eigenvalue weighted by atomic mass is 16.3. The Hall–Kier alpha value is -2.33. The van der Waals surface area contributed by atoms with E-state index in [0.717, 1.165) is 32.4 Å². The molecule has 2 N–H and O–H groups in total. The van der Waals surface area contributed by atoms with E-state index in [1.807, 2.05) is 11.1 Å². The fourth-order valence-electron chi connectivity index (χ4n) is 3.07. The molecule has 4 heteroatoms. The summed E-state index contributed by atoms with van der Waals surface area (Å²) in [7, 11) is 0. The van der Waals surface area contributed by atoms with Gasteiger partial charge < -0.3 is 5.11 Å². The number of nitrogens with zero attached hydrogens (tertiary/aromatic N) is 1. The molecule has 2 aromatic rings. The van der Waals surface area contributed by atoms with Crippen molar-refractivity contribution in [3.63, 3.8) is 0 Å². The average molecular weight is 310 g/mol. The van der Waals surface area contributed by atoms with E-state index in [1.165, 1.54) is 11.6 Å². The molecule has 0 atom stereocenters. The van der Waals surface area contributed by atoms with Crippen molar-refractivity contribution < 1.29 is 9.90 Å². The van der Waals surface area contributed by atoms with Crippen molar-refractivity contribution in [3.05, 3.63) is 65.7 Å². The normalized spacial score (nSPS) is 16.2. The predicted octanol–water partition coefficient (Wildman–Crippen LogP) is 2.99. The lowest BCUT2D eigenvalue weighted by Gasteiger charge is -2.32. The maximum Gasteiger partial charge on any atom is 0.269 e. The number of phenolic OH excluding ortho intramolecular Hbond substituents is 1. The van der Waals surface area contributed by atoms with Gasteiger partial charge in [0.05, 0.1) is 5.56 Å². The van der Waals surface area contributed by atoms with Gasteiger partial charge in [-0.1, -0.05) is 42.5 Å². The molecular formula is C19H22N2O2.